The maximum Gasteiger partial charge on any atom is 0.220 e. The molecule has 4 nitrogen and oxygen atoms in total. The van der Waals surface area contributed by atoms with E-state index >= 15 is 0 Å². The van der Waals surface area contributed by atoms with E-state index in [0.717, 1.165) is 51.0 Å². The molecule has 0 saturated carbocycles. The van der Waals surface area contributed by atoms with Crippen molar-refractivity contribution in [2.45, 2.75) is 45.2 Å². The van der Waals surface area contributed by atoms with E-state index < -0.39 is 0 Å². The molecule has 2 fully saturated rings. The molecule has 1 aromatic rings. The first-order chi connectivity index (χ1) is 12.0. The lowest BCUT2D eigenvalue weighted by Crippen LogP contribution is -2.50. The second kappa shape index (κ2) is 7.93. The van der Waals surface area contributed by atoms with Crippen LogP contribution in [0, 0.1) is 11.8 Å². The van der Waals surface area contributed by atoms with Crippen LogP contribution < -0.4 is 4.90 Å². The third kappa shape index (κ3) is 4.35. The summed E-state index contributed by atoms with van der Waals surface area (Å²) in [6.07, 6.45) is 3.24. The van der Waals surface area contributed by atoms with Crippen LogP contribution >= 0.6 is 0 Å². The first kappa shape index (κ1) is 17.8. The van der Waals surface area contributed by atoms with Crippen molar-refractivity contribution in [1.82, 2.24) is 9.80 Å². The van der Waals surface area contributed by atoms with Gasteiger partial charge in [-0.2, -0.15) is 0 Å². The molecule has 1 unspecified atom stereocenters. The van der Waals surface area contributed by atoms with Gasteiger partial charge in [0.25, 0.3) is 0 Å². The van der Waals surface area contributed by atoms with Crippen LogP contribution in [0.25, 0.3) is 0 Å². The van der Waals surface area contributed by atoms with E-state index in [9.17, 15) is 4.79 Å². The number of nitrogens with zero attached hydrogens (tertiary/aromatic N) is 3. The molecule has 3 rings (SSSR count). The fourth-order valence-electron chi connectivity index (χ4n) is 3.66. The third-order valence-corrected chi connectivity index (χ3v) is 5.48. The number of piperazine rings is 1. The Labute approximate surface area is 151 Å². The molecule has 0 bridgehead atoms. The van der Waals surface area contributed by atoms with Gasteiger partial charge < -0.3 is 14.7 Å². The van der Waals surface area contributed by atoms with Crippen molar-refractivity contribution in [2.75, 3.05) is 38.1 Å². The van der Waals surface area contributed by atoms with Gasteiger partial charge in [0.2, 0.25) is 5.91 Å². The first-order valence-electron chi connectivity index (χ1n) is 9.38. The van der Waals surface area contributed by atoms with Crippen molar-refractivity contribution in [3.63, 3.8) is 0 Å². The van der Waals surface area contributed by atoms with Gasteiger partial charge in [-0.1, -0.05) is 11.8 Å². The summed E-state index contributed by atoms with van der Waals surface area (Å²) in [4.78, 5) is 18.5. The molecule has 1 amide bonds. The highest BCUT2D eigenvalue weighted by atomic mass is 16.2. The van der Waals surface area contributed by atoms with Gasteiger partial charge >= 0.3 is 0 Å². The Bertz CT molecular complexity index is 658. The molecule has 2 aliphatic rings. The Morgan fingerprint density at radius 3 is 2.56 bits per heavy atom. The van der Waals surface area contributed by atoms with E-state index in [1.165, 1.54) is 5.69 Å². The zero-order valence-corrected chi connectivity index (χ0v) is 15.7. The van der Waals surface area contributed by atoms with E-state index in [1.807, 2.05) is 4.90 Å². The van der Waals surface area contributed by atoms with Crippen molar-refractivity contribution in [2.24, 2.45) is 0 Å². The Balaban J connectivity index is 1.66. The zero-order chi connectivity index (χ0) is 17.8. The molecule has 2 saturated heterocycles. The SMILES string of the molecule is CC(=O)N1CCCCC1C#Cc1ccc(N2CCN(C)[C@@H](C)C2)cc1. The summed E-state index contributed by atoms with van der Waals surface area (Å²) in [7, 11) is 2.19. The Morgan fingerprint density at radius 2 is 1.88 bits per heavy atom. The van der Waals surface area contributed by atoms with E-state index in [4.69, 9.17) is 0 Å². The molecule has 25 heavy (non-hydrogen) atoms. The van der Waals surface area contributed by atoms with Crippen LogP contribution in [0.15, 0.2) is 24.3 Å². The van der Waals surface area contributed by atoms with Crippen molar-refractivity contribution in [3.05, 3.63) is 29.8 Å². The zero-order valence-electron chi connectivity index (χ0n) is 15.7. The topological polar surface area (TPSA) is 26.8 Å². The summed E-state index contributed by atoms with van der Waals surface area (Å²) in [5.74, 6) is 6.73. The maximum absolute atomic E-state index is 11.7. The molecule has 0 spiro atoms. The van der Waals surface area contributed by atoms with E-state index in [2.05, 4.69) is 59.9 Å². The van der Waals surface area contributed by atoms with Crippen LogP contribution in [0.1, 0.15) is 38.7 Å². The average molecular weight is 339 g/mol. The van der Waals surface area contributed by atoms with E-state index in [1.54, 1.807) is 6.92 Å². The monoisotopic (exact) mass is 339 g/mol. The molecule has 0 radical (unpaired) electrons. The number of likely N-dealkylation sites (N-methyl/N-ethyl adjacent to an activating group) is 1. The lowest BCUT2D eigenvalue weighted by atomic mass is 10.0. The van der Waals surface area contributed by atoms with E-state index in [-0.39, 0.29) is 11.9 Å². The summed E-state index contributed by atoms with van der Waals surface area (Å²) >= 11 is 0. The van der Waals surface area contributed by atoms with Crippen molar-refractivity contribution >= 4 is 11.6 Å². The Hall–Kier alpha value is -1.99. The Kier molecular flexibility index (Phi) is 5.65. The standard InChI is InChI=1S/C21H29N3O/c1-17-16-23(15-14-22(17)3)20-10-7-19(8-11-20)9-12-21-6-4-5-13-24(21)18(2)25/h7-8,10-11,17,21H,4-6,13-16H2,1-3H3/t17-,21?/m0/s1. The number of anilines is 1. The molecule has 0 aromatic heterocycles. The number of piperidine rings is 1. The second-order valence-electron chi connectivity index (χ2n) is 7.32. The van der Waals surface area contributed by atoms with Gasteiger partial charge in [-0.25, -0.2) is 0 Å². The van der Waals surface area contributed by atoms with Crippen LogP contribution in [-0.4, -0.2) is 61.0 Å². The first-order valence-corrected chi connectivity index (χ1v) is 9.38. The number of hydrogen-bond acceptors (Lipinski definition) is 3. The van der Waals surface area contributed by atoms with Crippen molar-refractivity contribution in [1.29, 1.82) is 0 Å². The summed E-state index contributed by atoms with van der Waals surface area (Å²) in [6, 6.07) is 9.21. The fraction of sp³-hybridized carbons (Fsp3) is 0.571. The van der Waals surface area contributed by atoms with Crippen LogP contribution in [-0.2, 0) is 4.79 Å². The number of carbonyl (C=O) groups is 1. The van der Waals surface area contributed by atoms with Crippen LogP contribution in [0.4, 0.5) is 5.69 Å². The van der Waals surface area contributed by atoms with Gasteiger partial charge in [0, 0.05) is 50.4 Å². The van der Waals surface area contributed by atoms with E-state index in [0.29, 0.717) is 6.04 Å². The number of amides is 1. The molecule has 134 valence electrons. The molecule has 1 aromatic carbocycles. The smallest absolute Gasteiger partial charge is 0.220 e. The fourth-order valence-corrected chi connectivity index (χ4v) is 3.66. The molecular weight excluding hydrogens is 310 g/mol. The maximum atomic E-state index is 11.7. The Morgan fingerprint density at radius 1 is 1.12 bits per heavy atom. The van der Waals surface area contributed by atoms with Gasteiger partial charge in [0.05, 0.1) is 6.04 Å². The highest BCUT2D eigenvalue weighted by Crippen LogP contribution is 2.20. The van der Waals surface area contributed by atoms with Crippen LogP contribution in [0.2, 0.25) is 0 Å². The normalized spacial score (nSPS) is 24.6. The average Bonchev–Trinajstić information content (AvgIpc) is 2.63. The number of rotatable bonds is 1. The number of carbonyl (C=O) groups excluding carboxylic acids is 1. The molecule has 4 heteroatoms. The highest BCUT2D eigenvalue weighted by molar-refractivity contribution is 5.74. The third-order valence-electron chi connectivity index (χ3n) is 5.48. The van der Waals surface area contributed by atoms with Gasteiger partial charge in [0.15, 0.2) is 0 Å². The number of likely N-dealkylation sites (tertiary alicyclic amines) is 1. The van der Waals surface area contributed by atoms with Gasteiger partial charge in [-0.15, -0.1) is 0 Å². The molecule has 2 aliphatic heterocycles. The van der Waals surface area contributed by atoms with Gasteiger partial charge in [0.1, 0.15) is 0 Å². The van der Waals surface area contributed by atoms with Crippen molar-refractivity contribution in [3.8, 4) is 11.8 Å². The van der Waals surface area contributed by atoms with Gasteiger partial charge in [-0.05, 0) is 57.5 Å². The predicted molar refractivity (Wildman–Crippen MR) is 103 cm³/mol. The molecular formula is C21H29N3O. The highest BCUT2D eigenvalue weighted by Gasteiger charge is 2.22. The molecule has 2 atom stereocenters. The van der Waals surface area contributed by atoms with Crippen molar-refractivity contribution < 1.29 is 4.79 Å². The largest absolute Gasteiger partial charge is 0.369 e. The molecule has 0 N–H and O–H groups in total. The molecule has 2 heterocycles. The molecule has 0 aliphatic carbocycles. The minimum absolute atomic E-state index is 0.0735. The predicted octanol–water partition coefficient (Wildman–Crippen LogP) is 2.58. The van der Waals surface area contributed by atoms with Gasteiger partial charge in [-0.3, -0.25) is 4.79 Å². The number of benzene rings is 1. The quantitative estimate of drug-likeness (QED) is 0.736. The summed E-state index contributed by atoms with van der Waals surface area (Å²) in [6.45, 7) is 8.00. The summed E-state index contributed by atoms with van der Waals surface area (Å²) < 4.78 is 0. The van der Waals surface area contributed by atoms with Crippen LogP contribution in [0.3, 0.4) is 0 Å². The lowest BCUT2D eigenvalue weighted by Gasteiger charge is -2.39. The minimum Gasteiger partial charge on any atom is -0.369 e. The second-order valence-corrected chi connectivity index (χ2v) is 7.32. The number of hydrogen-bond donors (Lipinski definition) is 0. The minimum atomic E-state index is 0.0735. The van der Waals surface area contributed by atoms with Crippen LogP contribution in [0.5, 0.6) is 0 Å². The summed E-state index contributed by atoms with van der Waals surface area (Å²) in [5, 5.41) is 0. The summed E-state index contributed by atoms with van der Waals surface area (Å²) in [5.41, 5.74) is 2.30. The lowest BCUT2D eigenvalue weighted by molar-refractivity contribution is -0.131.